The van der Waals surface area contributed by atoms with Gasteiger partial charge in [-0.3, -0.25) is 14.9 Å². The molecule has 2 aromatic carbocycles. The van der Waals surface area contributed by atoms with Gasteiger partial charge in [0.1, 0.15) is 24.1 Å². The number of oxime groups is 1. The van der Waals surface area contributed by atoms with Crippen molar-refractivity contribution in [3.63, 3.8) is 0 Å². The fraction of sp³-hybridized carbons (Fsp3) is 0.511. The summed E-state index contributed by atoms with van der Waals surface area (Å²) in [6.07, 6.45) is 15.7. The lowest BCUT2D eigenvalue weighted by molar-refractivity contribution is -0.384. The number of aliphatic hydroxyl groups excluding tert-OH is 2. The number of hydrogen-bond donors (Lipinski definition) is 2. The molecule has 13 nitrogen and oxygen atoms in total. The molecule has 13 heteroatoms. The van der Waals surface area contributed by atoms with E-state index in [2.05, 4.69) is 19.2 Å². The Balaban J connectivity index is 1.51. The minimum Gasteiger partial charge on any atom is -0.490 e. The van der Waals surface area contributed by atoms with Crippen LogP contribution in [0.2, 0.25) is 0 Å². The number of carbonyl (C=O) groups is 1. The molecule has 2 N–H and O–H groups in total. The molecule has 2 aliphatic heterocycles. The number of non-ortho nitro benzene ring substituents is 1. The molecule has 1 unspecified atom stereocenters. The monoisotopic (exact) mass is 799 g/mol. The summed E-state index contributed by atoms with van der Waals surface area (Å²) in [4.78, 5) is 32.9. The van der Waals surface area contributed by atoms with Crippen molar-refractivity contribution in [2.75, 3.05) is 40.1 Å². The third-order valence-corrected chi connectivity index (χ3v) is 11.8. The maximum atomic E-state index is 14.3. The number of likely N-dealkylation sites (N-methyl/N-ethyl adjacent to an activating group) is 1. The Morgan fingerprint density at radius 3 is 2.50 bits per heavy atom. The number of aliphatic hydroxyl groups is 2. The topological polar surface area (TPSA) is 162 Å². The van der Waals surface area contributed by atoms with Gasteiger partial charge in [-0.05, 0) is 97.9 Å². The van der Waals surface area contributed by atoms with Gasteiger partial charge in [-0.1, -0.05) is 42.8 Å². The average Bonchev–Trinajstić information content (AvgIpc) is 3.24. The quantitative estimate of drug-likeness (QED) is 0.0451. The Labute approximate surface area is 340 Å². The van der Waals surface area contributed by atoms with Crippen molar-refractivity contribution in [3.05, 3.63) is 107 Å². The van der Waals surface area contributed by atoms with E-state index >= 15 is 0 Å². The number of unbranched alkanes of at least 4 members (excludes halogenated alkanes) is 2. The second kappa shape index (κ2) is 20.2. The molecular formula is C45H57N3O10. The van der Waals surface area contributed by atoms with Crippen molar-refractivity contribution in [1.82, 2.24) is 4.90 Å². The van der Waals surface area contributed by atoms with Crippen molar-refractivity contribution in [2.24, 2.45) is 22.9 Å². The van der Waals surface area contributed by atoms with Crippen molar-refractivity contribution in [3.8, 4) is 11.5 Å². The number of hydrogen-bond acceptors (Lipinski definition) is 11. The number of allylic oxidation sites excluding steroid dienone is 1. The maximum Gasteiger partial charge on any atom is 0.269 e. The van der Waals surface area contributed by atoms with Crippen LogP contribution in [0.4, 0.5) is 5.69 Å². The molecule has 0 aromatic heterocycles. The van der Waals surface area contributed by atoms with E-state index < -0.39 is 29.0 Å². The number of nitro benzene ring substituents is 1. The minimum atomic E-state index is -1.40. The van der Waals surface area contributed by atoms with E-state index in [1.54, 1.807) is 42.3 Å². The summed E-state index contributed by atoms with van der Waals surface area (Å²) in [5, 5.41) is 35.8. The van der Waals surface area contributed by atoms with Gasteiger partial charge >= 0.3 is 0 Å². The Morgan fingerprint density at radius 2 is 1.81 bits per heavy atom. The van der Waals surface area contributed by atoms with Gasteiger partial charge in [0.25, 0.3) is 5.69 Å². The van der Waals surface area contributed by atoms with Crippen LogP contribution in [-0.2, 0) is 19.1 Å². The lowest BCUT2D eigenvalue weighted by Crippen LogP contribution is -2.69. The number of rotatable bonds is 20. The number of nitrogens with zero attached hydrogens (tertiary/aromatic N) is 3. The molecule has 0 bridgehead atoms. The molecule has 4 aliphatic rings. The summed E-state index contributed by atoms with van der Waals surface area (Å²) in [5.41, 5.74) is 3.16. The highest BCUT2D eigenvalue weighted by Crippen LogP contribution is 2.61. The van der Waals surface area contributed by atoms with Crippen LogP contribution < -0.4 is 9.47 Å². The van der Waals surface area contributed by atoms with E-state index in [0.717, 1.165) is 49.7 Å². The molecule has 7 atom stereocenters. The smallest absolute Gasteiger partial charge is 0.269 e. The second-order valence-electron chi connectivity index (χ2n) is 15.4. The van der Waals surface area contributed by atoms with E-state index in [4.69, 9.17) is 28.9 Å². The second-order valence-corrected chi connectivity index (χ2v) is 15.4. The number of amides is 1. The summed E-state index contributed by atoms with van der Waals surface area (Å²) >= 11 is 0. The van der Waals surface area contributed by atoms with Crippen LogP contribution >= 0.6 is 0 Å². The molecule has 1 saturated carbocycles. The Kier molecular flexibility index (Phi) is 14.9. The molecule has 2 fully saturated rings. The third-order valence-electron chi connectivity index (χ3n) is 11.8. The lowest BCUT2D eigenvalue weighted by atomic mass is 9.55. The molecule has 0 spiro atoms. The Hall–Kier alpha value is -4.82. The van der Waals surface area contributed by atoms with Crippen LogP contribution in [0, 0.1) is 27.9 Å². The highest BCUT2D eigenvalue weighted by Gasteiger charge is 2.65. The number of carbonyl (C=O) groups excluding carboxylic acids is 1. The summed E-state index contributed by atoms with van der Waals surface area (Å²) in [7, 11) is 1.73. The lowest BCUT2D eigenvalue weighted by Gasteiger charge is -2.59. The number of nitro groups is 1. The van der Waals surface area contributed by atoms with Gasteiger partial charge in [-0.15, -0.1) is 6.58 Å². The van der Waals surface area contributed by atoms with E-state index in [-0.39, 0.29) is 55.6 Å². The van der Waals surface area contributed by atoms with Gasteiger partial charge in [-0.2, -0.15) is 0 Å². The van der Waals surface area contributed by atoms with Crippen LogP contribution in [0.5, 0.6) is 11.5 Å². The van der Waals surface area contributed by atoms with Gasteiger partial charge in [-0.25, -0.2) is 0 Å². The standard InChI is InChI=1S/C45H57N3O10/c1-4-25-54-34-20-21-39-37(29-34)43-35(13-7-10-24-50)32(12-6-9-23-49)28-36-38(46-58-42-14-8-11-27-55-42)30-40(45(57-39,44(36)43)56-26-5-2)47(3)41(51)22-17-31-15-18-33(19-16-31)48(52)53/h4-5,15-22,28-29,32,35,40,42-44,49-50H,1-2,6-14,23-27,30H2,3H3/t32-,35+,40-,42?,43+,44+,45+/m0/s1. The molecule has 58 heavy (non-hydrogen) atoms. The van der Waals surface area contributed by atoms with Crippen LogP contribution in [0.15, 0.2) is 90.7 Å². The molecule has 2 aliphatic carbocycles. The molecule has 2 aromatic rings. The van der Waals surface area contributed by atoms with Crippen LogP contribution in [0.1, 0.15) is 81.3 Å². The third kappa shape index (κ3) is 9.55. The van der Waals surface area contributed by atoms with Crippen molar-refractivity contribution < 1.29 is 43.7 Å². The first-order valence-corrected chi connectivity index (χ1v) is 20.5. The predicted octanol–water partition coefficient (Wildman–Crippen LogP) is 7.49. The number of ether oxygens (including phenoxy) is 4. The summed E-state index contributed by atoms with van der Waals surface area (Å²) in [6.45, 7) is 9.05. The average molecular weight is 800 g/mol. The zero-order valence-corrected chi connectivity index (χ0v) is 33.4. The predicted molar refractivity (Wildman–Crippen MR) is 220 cm³/mol. The molecule has 312 valence electrons. The van der Waals surface area contributed by atoms with Gasteiger partial charge < -0.3 is 38.9 Å². The highest BCUT2D eigenvalue weighted by molar-refractivity contribution is 6.03. The van der Waals surface area contributed by atoms with E-state index in [9.17, 15) is 25.1 Å². The SMILES string of the molecule is C=CCOc1ccc2c(c1)[C@H]1[C@H](CCCCO)[C@@H](CCCCO)C=C3C(=NOC4CCCCO4)C[C@H](N(C)C(=O)C=Cc4ccc([N+](=O)[O-])cc4)[C@@](OCC=C)(O2)[C@H]31. The molecular weight excluding hydrogens is 743 g/mol. The Morgan fingerprint density at radius 1 is 1.05 bits per heavy atom. The molecule has 2 heterocycles. The van der Waals surface area contributed by atoms with Gasteiger partial charge in [0, 0.05) is 62.8 Å². The van der Waals surface area contributed by atoms with Gasteiger partial charge in [0.15, 0.2) is 0 Å². The first kappa shape index (κ1) is 42.8. The van der Waals surface area contributed by atoms with Gasteiger partial charge in [0.2, 0.25) is 18.0 Å². The van der Waals surface area contributed by atoms with Crippen LogP contribution in [0.25, 0.3) is 6.08 Å². The largest absolute Gasteiger partial charge is 0.490 e. The fourth-order valence-electron chi connectivity index (χ4n) is 9.04. The highest BCUT2D eigenvalue weighted by atomic mass is 16.8. The summed E-state index contributed by atoms with van der Waals surface area (Å²) in [5.74, 6) is -0.956. The first-order chi connectivity index (χ1) is 28.2. The Bertz CT molecular complexity index is 1840. The van der Waals surface area contributed by atoms with E-state index in [1.807, 2.05) is 18.2 Å². The maximum absolute atomic E-state index is 14.3. The summed E-state index contributed by atoms with van der Waals surface area (Å²) in [6, 6.07) is 11.1. The normalized spacial score (nSPS) is 26.8. The van der Waals surface area contributed by atoms with Crippen LogP contribution in [0.3, 0.4) is 0 Å². The molecule has 1 saturated heterocycles. The van der Waals surface area contributed by atoms with E-state index in [1.165, 1.54) is 18.2 Å². The summed E-state index contributed by atoms with van der Waals surface area (Å²) < 4.78 is 26.1. The zero-order valence-electron chi connectivity index (χ0n) is 33.4. The van der Waals surface area contributed by atoms with Crippen LogP contribution in [-0.4, -0.2) is 89.9 Å². The number of fused-ring (bicyclic) bond motifs is 2. The van der Waals surface area contributed by atoms with Crippen molar-refractivity contribution in [1.29, 1.82) is 0 Å². The van der Waals surface area contributed by atoms with Crippen molar-refractivity contribution >= 4 is 23.4 Å². The first-order valence-electron chi connectivity index (χ1n) is 20.5. The van der Waals surface area contributed by atoms with E-state index in [0.29, 0.717) is 55.3 Å². The van der Waals surface area contributed by atoms with Crippen molar-refractivity contribution in [2.45, 2.75) is 88.2 Å². The molecule has 6 rings (SSSR count). The molecule has 0 radical (unpaired) electrons. The number of benzene rings is 2. The molecule has 1 amide bonds. The fourth-order valence-corrected chi connectivity index (χ4v) is 9.04. The zero-order chi connectivity index (χ0) is 41.1. The van der Waals surface area contributed by atoms with Gasteiger partial charge in [0.05, 0.1) is 29.8 Å². The minimum absolute atomic E-state index is 0.0397.